The van der Waals surface area contributed by atoms with E-state index in [1.165, 1.54) is 13.8 Å². The number of carbonyl (C=O) groups is 2. The predicted molar refractivity (Wildman–Crippen MR) is 47.4 cm³/mol. The Hall–Kier alpha value is -1.27. The number of hydrogen-bond acceptors (Lipinski definition) is 4. The zero-order valence-corrected chi connectivity index (χ0v) is 8.97. The summed E-state index contributed by atoms with van der Waals surface area (Å²) in [4.78, 5) is 21.9. The molecule has 0 aromatic rings. The monoisotopic (exact) mass is 242 g/mol. The summed E-state index contributed by atoms with van der Waals surface area (Å²) >= 11 is 0. The predicted octanol–water partition coefficient (Wildman–Crippen LogP) is 1.68. The van der Waals surface area contributed by atoms with Crippen molar-refractivity contribution in [1.82, 2.24) is 0 Å². The highest BCUT2D eigenvalue weighted by atomic mass is 19.4. The van der Waals surface area contributed by atoms with Gasteiger partial charge in [-0.2, -0.15) is 13.2 Å². The number of esters is 2. The van der Waals surface area contributed by atoms with Crippen LogP contribution in [0.4, 0.5) is 13.2 Å². The zero-order valence-electron chi connectivity index (χ0n) is 8.97. The third-order valence-corrected chi connectivity index (χ3v) is 1.64. The van der Waals surface area contributed by atoms with Crippen LogP contribution in [0.5, 0.6) is 0 Å². The van der Waals surface area contributed by atoms with Gasteiger partial charge in [0.2, 0.25) is 0 Å². The summed E-state index contributed by atoms with van der Waals surface area (Å²) in [6.07, 6.45) is -5.85. The van der Waals surface area contributed by atoms with Crippen LogP contribution in [-0.2, 0) is 19.1 Å². The van der Waals surface area contributed by atoms with Crippen LogP contribution in [0.15, 0.2) is 0 Å². The van der Waals surface area contributed by atoms with Crippen molar-refractivity contribution in [3.8, 4) is 0 Å². The minimum atomic E-state index is -4.81. The molecule has 0 aliphatic heterocycles. The van der Waals surface area contributed by atoms with E-state index in [1.807, 2.05) is 0 Å². The average molecular weight is 242 g/mol. The van der Waals surface area contributed by atoms with Crippen molar-refractivity contribution < 1.29 is 32.2 Å². The van der Waals surface area contributed by atoms with E-state index in [2.05, 4.69) is 9.47 Å². The Kier molecular flexibility index (Phi) is 5.84. The third kappa shape index (κ3) is 4.99. The molecule has 0 radical (unpaired) electrons. The Morgan fingerprint density at radius 3 is 2.00 bits per heavy atom. The molecular formula is C9H13F3O4. The fraction of sp³-hybridized carbons (Fsp3) is 0.778. The summed E-state index contributed by atoms with van der Waals surface area (Å²) in [5.41, 5.74) is 0. The van der Waals surface area contributed by atoms with Crippen LogP contribution in [0.1, 0.15) is 20.3 Å². The minimum absolute atomic E-state index is 0.0355. The van der Waals surface area contributed by atoms with E-state index in [4.69, 9.17) is 0 Å². The lowest BCUT2D eigenvalue weighted by Gasteiger charge is -2.17. The molecule has 0 bridgehead atoms. The number of hydrogen-bond donors (Lipinski definition) is 0. The Balaban J connectivity index is 4.57. The Morgan fingerprint density at radius 2 is 1.62 bits per heavy atom. The molecule has 16 heavy (non-hydrogen) atoms. The fourth-order valence-corrected chi connectivity index (χ4v) is 0.962. The van der Waals surface area contributed by atoms with Crippen LogP contribution in [0.25, 0.3) is 0 Å². The maximum absolute atomic E-state index is 12.4. The average Bonchev–Trinajstić information content (AvgIpc) is 2.13. The molecule has 0 aliphatic rings. The van der Waals surface area contributed by atoms with Crippen LogP contribution in [0.3, 0.4) is 0 Å². The van der Waals surface area contributed by atoms with E-state index >= 15 is 0 Å². The van der Waals surface area contributed by atoms with Gasteiger partial charge >= 0.3 is 18.1 Å². The molecule has 0 aliphatic carbocycles. The Labute approximate surface area is 90.7 Å². The van der Waals surface area contributed by atoms with E-state index in [-0.39, 0.29) is 13.2 Å². The van der Waals surface area contributed by atoms with Gasteiger partial charge in [0, 0.05) is 0 Å². The van der Waals surface area contributed by atoms with Crippen LogP contribution >= 0.6 is 0 Å². The van der Waals surface area contributed by atoms with Gasteiger partial charge in [0.1, 0.15) is 0 Å². The molecule has 4 nitrogen and oxygen atoms in total. The lowest BCUT2D eigenvalue weighted by atomic mass is 10.1. The fourth-order valence-electron chi connectivity index (χ4n) is 0.962. The molecule has 7 heteroatoms. The highest BCUT2D eigenvalue weighted by molar-refractivity contribution is 5.80. The van der Waals surface area contributed by atoms with Crippen molar-refractivity contribution >= 4 is 11.9 Å². The summed E-state index contributed by atoms with van der Waals surface area (Å²) in [5, 5.41) is 0. The summed E-state index contributed by atoms with van der Waals surface area (Å²) < 4.78 is 45.7. The van der Waals surface area contributed by atoms with Crippen molar-refractivity contribution in [2.45, 2.75) is 26.4 Å². The minimum Gasteiger partial charge on any atom is -0.466 e. The molecule has 1 unspecified atom stereocenters. The number of carbonyl (C=O) groups excluding carboxylic acids is 2. The molecule has 0 amide bonds. The van der Waals surface area contributed by atoms with E-state index < -0.39 is 30.5 Å². The Morgan fingerprint density at radius 1 is 1.12 bits per heavy atom. The van der Waals surface area contributed by atoms with Gasteiger partial charge < -0.3 is 9.47 Å². The molecule has 0 aromatic heterocycles. The van der Waals surface area contributed by atoms with Gasteiger partial charge in [-0.1, -0.05) is 0 Å². The second kappa shape index (κ2) is 6.34. The molecule has 0 heterocycles. The van der Waals surface area contributed by atoms with Crippen molar-refractivity contribution in [2.24, 2.45) is 5.92 Å². The summed E-state index contributed by atoms with van der Waals surface area (Å²) in [6, 6.07) is 0. The van der Waals surface area contributed by atoms with Gasteiger partial charge in [0.05, 0.1) is 19.6 Å². The van der Waals surface area contributed by atoms with Gasteiger partial charge in [-0.15, -0.1) is 0 Å². The quantitative estimate of drug-likeness (QED) is 0.688. The maximum atomic E-state index is 12.4. The lowest BCUT2D eigenvalue weighted by Crippen LogP contribution is -2.34. The third-order valence-electron chi connectivity index (χ3n) is 1.64. The second-order valence-corrected chi connectivity index (χ2v) is 2.86. The van der Waals surface area contributed by atoms with Crippen molar-refractivity contribution in [3.63, 3.8) is 0 Å². The summed E-state index contributed by atoms with van der Waals surface area (Å²) in [7, 11) is 0. The van der Waals surface area contributed by atoms with Gasteiger partial charge in [-0.05, 0) is 13.8 Å². The van der Waals surface area contributed by atoms with Crippen LogP contribution < -0.4 is 0 Å². The van der Waals surface area contributed by atoms with Gasteiger partial charge in [0.15, 0.2) is 5.92 Å². The molecule has 0 rings (SSSR count). The van der Waals surface area contributed by atoms with Crippen LogP contribution in [-0.4, -0.2) is 31.3 Å². The number of alkyl halides is 3. The largest absolute Gasteiger partial charge is 0.466 e. The first kappa shape index (κ1) is 14.7. The molecular weight excluding hydrogens is 229 g/mol. The standard InChI is InChI=1S/C9H13F3O4/c1-3-15-7(13)5-6(9(10,11)12)8(14)16-4-2/h6H,3-5H2,1-2H3. The zero-order chi connectivity index (χ0) is 12.8. The van der Waals surface area contributed by atoms with Gasteiger partial charge in [-0.3, -0.25) is 9.59 Å². The molecule has 94 valence electrons. The highest BCUT2D eigenvalue weighted by Crippen LogP contribution is 2.30. The van der Waals surface area contributed by atoms with Gasteiger partial charge in [-0.25, -0.2) is 0 Å². The van der Waals surface area contributed by atoms with Crippen LogP contribution in [0.2, 0.25) is 0 Å². The summed E-state index contributed by atoms with van der Waals surface area (Å²) in [6.45, 7) is 2.64. The summed E-state index contributed by atoms with van der Waals surface area (Å²) in [5.74, 6) is -4.98. The first-order valence-corrected chi connectivity index (χ1v) is 4.71. The molecule has 0 spiro atoms. The lowest BCUT2D eigenvalue weighted by molar-refractivity contribution is -0.202. The number of rotatable bonds is 5. The van der Waals surface area contributed by atoms with E-state index in [9.17, 15) is 22.8 Å². The second-order valence-electron chi connectivity index (χ2n) is 2.86. The molecule has 0 saturated heterocycles. The molecule has 0 N–H and O–H groups in total. The van der Waals surface area contributed by atoms with Crippen molar-refractivity contribution in [2.75, 3.05) is 13.2 Å². The van der Waals surface area contributed by atoms with E-state index in [0.717, 1.165) is 0 Å². The van der Waals surface area contributed by atoms with Crippen LogP contribution in [0, 0.1) is 5.92 Å². The molecule has 0 aromatic carbocycles. The number of halogens is 3. The van der Waals surface area contributed by atoms with Crippen molar-refractivity contribution in [3.05, 3.63) is 0 Å². The molecule has 0 saturated carbocycles. The number of ether oxygens (including phenoxy) is 2. The molecule has 0 fully saturated rings. The van der Waals surface area contributed by atoms with Gasteiger partial charge in [0.25, 0.3) is 0 Å². The SMILES string of the molecule is CCOC(=O)CC(C(=O)OCC)C(F)(F)F. The smallest absolute Gasteiger partial charge is 0.402 e. The van der Waals surface area contributed by atoms with Crippen molar-refractivity contribution in [1.29, 1.82) is 0 Å². The van der Waals surface area contributed by atoms with E-state index in [0.29, 0.717) is 0 Å². The Bertz CT molecular complexity index is 250. The first-order valence-electron chi connectivity index (χ1n) is 4.71. The van der Waals surface area contributed by atoms with E-state index in [1.54, 1.807) is 0 Å². The highest BCUT2D eigenvalue weighted by Gasteiger charge is 2.47. The molecule has 1 atom stereocenters. The first-order chi connectivity index (χ1) is 7.32. The normalized spacial score (nSPS) is 13.1. The topological polar surface area (TPSA) is 52.6 Å². The maximum Gasteiger partial charge on any atom is 0.402 e.